The Morgan fingerprint density at radius 2 is 1.87 bits per heavy atom. The fraction of sp³-hybridized carbons (Fsp3) is 0.696. The molecule has 1 saturated heterocycles. The van der Waals surface area contributed by atoms with Crippen molar-refractivity contribution in [1.29, 1.82) is 0 Å². The number of hydrogen-bond acceptors (Lipinski definition) is 4. The molecule has 0 aliphatic carbocycles. The number of halogens is 2. The van der Waals surface area contributed by atoms with Crippen molar-refractivity contribution in [2.75, 3.05) is 53.0 Å². The molecule has 0 bridgehead atoms. The number of ether oxygens (including phenoxy) is 1. The molecule has 2 N–H and O–H groups in total. The van der Waals surface area contributed by atoms with Crippen LogP contribution in [0.4, 0.5) is 4.39 Å². The third-order valence-electron chi connectivity index (χ3n) is 6.34. The lowest BCUT2D eigenvalue weighted by Crippen LogP contribution is -2.52. The van der Waals surface area contributed by atoms with Gasteiger partial charge in [0.15, 0.2) is 17.5 Å². The second-order valence-electron chi connectivity index (χ2n) is 8.08. The van der Waals surface area contributed by atoms with Crippen LogP contribution in [0.15, 0.2) is 23.2 Å². The summed E-state index contributed by atoms with van der Waals surface area (Å²) in [5.41, 5.74) is 1.03. The Bertz CT molecular complexity index is 678. The Morgan fingerprint density at radius 3 is 2.39 bits per heavy atom. The van der Waals surface area contributed by atoms with Gasteiger partial charge in [0, 0.05) is 52.4 Å². The van der Waals surface area contributed by atoms with Gasteiger partial charge in [-0.1, -0.05) is 19.9 Å². The van der Waals surface area contributed by atoms with Crippen LogP contribution in [0.1, 0.15) is 45.6 Å². The van der Waals surface area contributed by atoms with Crippen LogP contribution in [0.25, 0.3) is 0 Å². The van der Waals surface area contributed by atoms with Crippen molar-refractivity contribution >= 4 is 29.9 Å². The molecule has 0 aromatic heterocycles. The zero-order valence-corrected chi connectivity index (χ0v) is 21.8. The molecule has 0 spiro atoms. The normalized spacial score (nSPS) is 15.5. The van der Waals surface area contributed by atoms with Crippen molar-refractivity contribution in [1.82, 2.24) is 15.1 Å². The average molecular weight is 551 g/mol. The summed E-state index contributed by atoms with van der Waals surface area (Å²) < 4.78 is 19.0. The number of rotatable bonds is 10. The number of methoxy groups -OCH3 is 1. The lowest BCUT2D eigenvalue weighted by Gasteiger charge is -2.37. The molecule has 31 heavy (non-hydrogen) atoms. The maximum Gasteiger partial charge on any atom is 0.194 e. The molecule has 0 saturated carbocycles. The van der Waals surface area contributed by atoms with Gasteiger partial charge in [-0.2, -0.15) is 0 Å². The first-order valence-electron chi connectivity index (χ1n) is 11.2. The molecule has 1 aromatic carbocycles. The predicted molar refractivity (Wildman–Crippen MR) is 136 cm³/mol. The van der Waals surface area contributed by atoms with Crippen LogP contribution in [0, 0.1) is 11.2 Å². The Hall–Kier alpha value is -1.13. The first-order valence-corrected chi connectivity index (χ1v) is 11.2. The van der Waals surface area contributed by atoms with Crippen LogP contribution in [-0.2, 0) is 6.54 Å². The van der Waals surface area contributed by atoms with Gasteiger partial charge < -0.3 is 20.1 Å². The maximum atomic E-state index is 14.0. The molecule has 1 fully saturated rings. The lowest BCUT2D eigenvalue weighted by molar-refractivity contribution is 0.166. The van der Waals surface area contributed by atoms with Gasteiger partial charge >= 0.3 is 0 Å². The molecule has 8 heteroatoms. The van der Waals surface area contributed by atoms with E-state index in [2.05, 4.69) is 35.9 Å². The topological polar surface area (TPSA) is 60.3 Å². The average Bonchev–Trinajstić information content (AvgIpc) is 2.76. The van der Waals surface area contributed by atoms with E-state index < -0.39 is 0 Å². The van der Waals surface area contributed by atoms with E-state index in [1.54, 1.807) is 12.1 Å². The van der Waals surface area contributed by atoms with Gasteiger partial charge in [-0.3, -0.25) is 9.89 Å². The zero-order chi connectivity index (χ0) is 22.0. The molecule has 1 aliphatic rings. The fourth-order valence-electron chi connectivity index (χ4n) is 4.00. The van der Waals surface area contributed by atoms with E-state index >= 15 is 0 Å². The molecule has 6 nitrogen and oxygen atoms in total. The summed E-state index contributed by atoms with van der Waals surface area (Å²) in [6, 6.07) is 5.18. The molecular formula is C23H40FIN4O2. The van der Waals surface area contributed by atoms with Gasteiger partial charge in [0.2, 0.25) is 0 Å². The first kappa shape index (κ1) is 27.9. The smallest absolute Gasteiger partial charge is 0.194 e. The van der Waals surface area contributed by atoms with Crippen molar-refractivity contribution in [3.8, 4) is 5.75 Å². The Labute approximate surface area is 204 Å². The van der Waals surface area contributed by atoms with E-state index in [-0.39, 0.29) is 47.6 Å². The number of benzene rings is 1. The third kappa shape index (κ3) is 8.05. The van der Waals surface area contributed by atoms with E-state index in [1.807, 2.05) is 6.07 Å². The first-order chi connectivity index (χ1) is 14.5. The highest BCUT2D eigenvalue weighted by atomic mass is 127. The summed E-state index contributed by atoms with van der Waals surface area (Å²) in [5, 5.41) is 12.9. The summed E-state index contributed by atoms with van der Waals surface area (Å²) in [6.07, 6.45) is 2.81. The molecule has 1 aliphatic heterocycles. The molecule has 1 heterocycles. The minimum absolute atomic E-state index is 0. The van der Waals surface area contributed by atoms with Gasteiger partial charge in [-0.05, 0) is 49.3 Å². The summed E-state index contributed by atoms with van der Waals surface area (Å²) >= 11 is 0. The highest BCUT2D eigenvalue weighted by molar-refractivity contribution is 14.0. The Balaban J connectivity index is 0.00000480. The number of piperazine rings is 1. The monoisotopic (exact) mass is 550 g/mol. The van der Waals surface area contributed by atoms with Gasteiger partial charge in [0.05, 0.1) is 7.11 Å². The lowest BCUT2D eigenvalue weighted by atomic mass is 9.79. The molecule has 178 valence electrons. The minimum Gasteiger partial charge on any atom is -0.494 e. The number of nitrogens with zero attached hydrogens (tertiary/aromatic N) is 3. The number of guanidine groups is 1. The molecule has 0 amide bonds. The molecule has 0 atom stereocenters. The molecule has 1 aromatic rings. The number of nitrogens with one attached hydrogen (secondary N) is 1. The number of aliphatic hydroxyl groups is 1. The second-order valence-corrected chi connectivity index (χ2v) is 8.08. The van der Waals surface area contributed by atoms with Crippen LogP contribution in [0.3, 0.4) is 0 Å². The molecule has 2 rings (SSSR count). The van der Waals surface area contributed by atoms with Crippen LogP contribution < -0.4 is 10.1 Å². The third-order valence-corrected chi connectivity index (χ3v) is 6.34. The zero-order valence-electron chi connectivity index (χ0n) is 19.5. The molecular weight excluding hydrogens is 510 g/mol. The Kier molecular flexibility index (Phi) is 12.7. The summed E-state index contributed by atoms with van der Waals surface area (Å²) in [7, 11) is 1.48. The van der Waals surface area contributed by atoms with E-state index in [1.165, 1.54) is 7.11 Å². The van der Waals surface area contributed by atoms with Crippen molar-refractivity contribution in [3.63, 3.8) is 0 Å². The van der Waals surface area contributed by atoms with Gasteiger partial charge in [0.25, 0.3) is 0 Å². The predicted octanol–water partition coefficient (Wildman–Crippen LogP) is 3.72. The molecule has 0 radical (unpaired) electrons. The van der Waals surface area contributed by atoms with Crippen molar-refractivity contribution in [2.24, 2.45) is 10.4 Å². The van der Waals surface area contributed by atoms with Crippen molar-refractivity contribution < 1.29 is 14.2 Å². The van der Waals surface area contributed by atoms with Crippen molar-refractivity contribution in [3.05, 3.63) is 29.6 Å². The molecule has 0 unspecified atom stereocenters. The van der Waals surface area contributed by atoms with Gasteiger partial charge in [0.1, 0.15) is 0 Å². The van der Waals surface area contributed by atoms with E-state index in [0.717, 1.165) is 76.6 Å². The van der Waals surface area contributed by atoms with E-state index in [9.17, 15) is 9.50 Å². The Morgan fingerprint density at radius 1 is 1.19 bits per heavy atom. The largest absolute Gasteiger partial charge is 0.494 e. The number of aliphatic imine (C=N–C) groups is 1. The van der Waals surface area contributed by atoms with Crippen LogP contribution >= 0.6 is 24.0 Å². The van der Waals surface area contributed by atoms with Crippen molar-refractivity contribution in [2.45, 2.75) is 46.6 Å². The minimum atomic E-state index is -0.312. The standard InChI is InChI=1S/C23H39FN4O2.HI/c1-5-23(6-2,10-15-29)18-26-22(25-7-3)28-13-11-27(12-14-28)17-19-8-9-21(30-4)20(24)16-19;/h8-9,16,29H,5-7,10-15,17-18H2,1-4H3,(H,25,26);1H. The summed E-state index contributed by atoms with van der Waals surface area (Å²) in [6.45, 7) is 12.5. The van der Waals surface area contributed by atoms with Gasteiger partial charge in [-0.15, -0.1) is 24.0 Å². The maximum absolute atomic E-state index is 14.0. The van der Waals surface area contributed by atoms with Crippen LogP contribution in [-0.4, -0.2) is 73.9 Å². The fourth-order valence-corrected chi connectivity index (χ4v) is 4.00. The number of hydrogen-bond donors (Lipinski definition) is 2. The van der Waals surface area contributed by atoms with Crippen LogP contribution in [0.5, 0.6) is 5.75 Å². The van der Waals surface area contributed by atoms with Gasteiger partial charge in [-0.25, -0.2) is 4.39 Å². The highest BCUT2D eigenvalue weighted by Crippen LogP contribution is 2.30. The highest BCUT2D eigenvalue weighted by Gasteiger charge is 2.26. The number of aliphatic hydroxyl groups excluding tert-OH is 1. The van der Waals surface area contributed by atoms with E-state index in [4.69, 9.17) is 9.73 Å². The summed E-state index contributed by atoms with van der Waals surface area (Å²) in [5.74, 6) is 0.928. The summed E-state index contributed by atoms with van der Waals surface area (Å²) in [4.78, 5) is 9.60. The van der Waals surface area contributed by atoms with E-state index in [0.29, 0.717) is 0 Å². The van der Waals surface area contributed by atoms with Crippen LogP contribution in [0.2, 0.25) is 0 Å². The quantitative estimate of drug-likeness (QED) is 0.264. The SMILES string of the molecule is CCNC(=NCC(CC)(CC)CCO)N1CCN(Cc2ccc(OC)c(F)c2)CC1.I. The second kappa shape index (κ2) is 14.1.